The molecule has 4 heteroatoms. The number of fused-ring (bicyclic) bond motifs is 1. The molecule has 2 aromatic rings. The van der Waals surface area contributed by atoms with Crippen LogP contribution in [0.15, 0.2) is 24.3 Å². The first kappa shape index (κ1) is 10.0. The molecule has 0 aliphatic carbocycles. The number of phenolic OH excluding ortho intramolecular Hbond substituents is 1. The molecule has 0 unspecified atom stereocenters. The van der Waals surface area contributed by atoms with Crippen molar-refractivity contribution in [1.82, 2.24) is 4.57 Å². The highest BCUT2D eigenvalue weighted by molar-refractivity contribution is 5.87. The van der Waals surface area contributed by atoms with Crippen LogP contribution in [0.2, 0.25) is 0 Å². The average molecular weight is 206 g/mol. The third-order valence-electron chi connectivity index (χ3n) is 2.56. The molecule has 15 heavy (non-hydrogen) atoms. The number of nitrogens with two attached hydrogens (primary N) is 1. The van der Waals surface area contributed by atoms with Gasteiger partial charge in [0.05, 0.1) is 5.52 Å². The van der Waals surface area contributed by atoms with E-state index in [2.05, 4.69) is 9.40 Å². The molecule has 2 rings (SSSR count). The van der Waals surface area contributed by atoms with Gasteiger partial charge in [-0.25, -0.2) is 5.90 Å². The fourth-order valence-electron chi connectivity index (χ4n) is 1.90. The van der Waals surface area contributed by atoms with Crippen LogP contribution in [0.25, 0.3) is 10.9 Å². The summed E-state index contributed by atoms with van der Waals surface area (Å²) < 4.78 is 2.07. The minimum atomic E-state index is 0.290. The molecule has 0 aliphatic heterocycles. The first-order valence-electron chi connectivity index (χ1n) is 4.89. The lowest BCUT2D eigenvalue weighted by Gasteiger charge is -2.06. The molecule has 0 bridgehead atoms. The highest BCUT2D eigenvalue weighted by Gasteiger charge is 2.09. The average Bonchev–Trinajstić information content (AvgIpc) is 2.58. The van der Waals surface area contributed by atoms with Gasteiger partial charge in [0.25, 0.3) is 0 Å². The molecule has 0 fully saturated rings. The van der Waals surface area contributed by atoms with Gasteiger partial charge in [-0.05, 0) is 25.1 Å². The molecule has 1 aromatic heterocycles. The summed E-state index contributed by atoms with van der Waals surface area (Å²) in [5.41, 5.74) is 1.97. The number of rotatable bonds is 3. The van der Waals surface area contributed by atoms with E-state index in [1.807, 2.05) is 25.1 Å². The van der Waals surface area contributed by atoms with Crippen molar-refractivity contribution in [3.05, 3.63) is 30.0 Å². The Morgan fingerprint density at radius 2 is 2.27 bits per heavy atom. The summed E-state index contributed by atoms with van der Waals surface area (Å²) in [5, 5.41) is 10.5. The van der Waals surface area contributed by atoms with E-state index in [1.165, 1.54) is 0 Å². The van der Waals surface area contributed by atoms with E-state index in [-0.39, 0.29) is 5.75 Å². The van der Waals surface area contributed by atoms with Crippen LogP contribution >= 0.6 is 0 Å². The van der Waals surface area contributed by atoms with Crippen LogP contribution in [0.5, 0.6) is 5.75 Å². The highest BCUT2D eigenvalue weighted by Crippen LogP contribution is 2.27. The summed E-state index contributed by atoms with van der Waals surface area (Å²) in [6, 6.07) is 7.38. The minimum absolute atomic E-state index is 0.290. The number of phenols is 1. The quantitative estimate of drug-likeness (QED) is 0.752. The van der Waals surface area contributed by atoms with Crippen molar-refractivity contribution in [2.45, 2.75) is 20.1 Å². The second kappa shape index (κ2) is 3.92. The van der Waals surface area contributed by atoms with Crippen LogP contribution in [0.3, 0.4) is 0 Å². The Morgan fingerprint density at radius 1 is 1.47 bits per heavy atom. The van der Waals surface area contributed by atoms with E-state index in [4.69, 9.17) is 5.90 Å². The SMILES string of the molecule is CCn1c(CON)cc2c(O)cccc21. The largest absolute Gasteiger partial charge is 0.507 e. The molecule has 0 saturated heterocycles. The topological polar surface area (TPSA) is 60.4 Å². The van der Waals surface area contributed by atoms with Crippen LogP contribution < -0.4 is 5.90 Å². The Labute approximate surface area is 87.8 Å². The van der Waals surface area contributed by atoms with Crippen molar-refractivity contribution >= 4 is 10.9 Å². The Bertz CT molecular complexity index is 477. The van der Waals surface area contributed by atoms with Gasteiger partial charge in [-0.3, -0.25) is 4.84 Å². The summed E-state index contributed by atoms with van der Waals surface area (Å²) in [7, 11) is 0. The van der Waals surface area contributed by atoms with Crippen molar-refractivity contribution in [2.24, 2.45) is 5.90 Å². The summed E-state index contributed by atoms with van der Waals surface area (Å²) in [6.45, 7) is 3.22. The number of hydrogen-bond acceptors (Lipinski definition) is 3. The Hall–Kier alpha value is -1.52. The molecule has 4 nitrogen and oxygen atoms in total. The Balaban J connectivity index is 2.67. The van der Waals surface area contributed by atoms with Gasteiger partial charge in [0.2, 0.25) is 0 Å². The molecule has 0 saturated carbocycles. The van der Waals surface area contributed by atoms with Gasteiger partial charge in [0.15, 0.2) is 0 Å². The molecular formula is C11H14N2O2. The summed E-state index contributed by atoms with van der Waals surface area (Å²) in [5.74, 6) is 5.36. The van der Waals surface area contributed by atoms with E-state index < -0.39 is 0 Å². The predicted molar refractivity (Wildman–Crippen MR) is 58.3 cm³/mol. The van der Waals surface area contributed by atoms with Gasteiger partial charge in [-0.15, -0.1) is 0 Å². The predicted octanol–water partition coefficient (Wildman–Crippen LogP) is 1.76. The number of nitrogens with zero attached hydrogens (tertiary/aromatic N) is 1. The zero-order valence-electron chi connectivity index (χ0n) is 8.60. The monoisotopic (exact) mass is 206 g/mol. The van der Waals surface area contributed by atoms with Crippen molar-refractivity contribution in [3.8, 4) is 5.75 Å². The third kappa shape index (κ3) is 1.58. The third-order valence-corrected chi connectivity index (χ3v) is 2.56. The van der Waals surface area contributed by atoms with E-state index in [0.29, 0.717) is 6.61 Å². The maximum absolute atomic E-state index is 9.69. The molecule has 0 atom stereocenters. The van der Waals surface area contributed by atoms with Gasteiger partial charge in [0, 0.05) is 17.6 Å². The zero-order valence-corrected chi connectivity index (χ0v) is 8.60. The summed E-state index contributed by atoms with van der Waals surface area (Å²) in [4.78, 5) is 4.64. The Morgan fingerprint density at radius 3 is 2.93 bits per heavy atom. The van der Waals surface area contributed by atoms with Crippen LogP contribution in [0, 0.1) is 0 Å². The van der Waals surface area contributed by atoms with E-state index in [1.54, 1.807) is 6.07 Å². The van der Waals surface area contributed by atoms with Gasteiger partial charge < -0.3 is 9.67 Å². The van der Waals surface area contributed by atoms with Crippen LogP contribution in [-0.2, 0) is 18.0 Å². The first-order chi connectivity index (χ1) is 7.27. The molecule has 0 spiro atoms. The Kier molecular flexibility index (Phi) is 2.62. The maximum Gasteiger partial charge on any atom is 0.124 e. The van der Waals surface area contributed by atoms with E-state index >= 15 is 0 Å². The normalized spacial score (nSPS) is 11.1. The fourth-order valence-corrected chi connectivity index (χ4v) is 1.90. The van der Waals surface area contributed by atoms with Crippen LogP contribution in [-0.4, -0.2) is 9.67 Å². The molecule has 80 valence electrons. The van der Waals surface area contributed by atoms with Crippen molar-refractivity contribution in [1.29, 1.82) is 0 Å². The molecule has 0 amide bonds. The van der Waals surface area contributed by atoms with Gasteiger partial charge in [-0.2, -0.15) is 0 Å². The standard InChI is InChI=1S/C11H14N2O2/c1-2-13-8(7-15-12)6-9-10(13)4-3-5-11(9)14/h3-6,14H,2,7,12H2,1H3. The lowest BCUT2D eigenvalue weighted by Crippen LogP contribution is -2.05. The molecule has 0 aliphatic rings. The van der Waals surface area contributed by atoms with Gasteiger partial charge in [0.1, 0.15) is 12.4 Å². The number of hydrogen-bond donors (Lipinski definition) is 2. The minimum Gasteiger partial charge on any atom is -0.507 e. The highest BCUT2D eigenvalue weighted by atomic mass is 16.6. The lowest BCUT2D eigenvalue weighted by molar-refractivity contribution is 0.119. The van der Waals surface area contributed by atoms with E-state index in [9.17, 15) is 5.11 Å². The number of benzene rings is 1. The molecule has 1 aromatic carbocycles. The van der Waals surface area contributed by atoms with Crippen molar-refractivity contribution in [3.63, 3.8) is 0 Å². The molecule has 1 heterocycles. The zero-order chi connectivity index (χ0) is 10.8. The van der Waals surface area contributed by atoms with E-state index in [0.717, 1.165) is 23.1 Å². The second-order valence-electron chi connectivity index (χ2n) is 3.40. The fraction of sp³-hybridized carbons (Fsp3) is 0.273. The smallest absolute Gasteiger partial charge is 0.124 e. The van der Waals surface area contributed by atoms with Crippen LogP contribution in [0.1, 0.15) is 12.6 Å². The summed E-state index contributed by atoms with van der Waals surface area (Å²) >= 11 is 0. The molecule has 0 radical (unpaired) electrons. The lowest BCUT2D eigenvalue weighted by atomic mass is 10.2. The molecule has 3 N–H and O–H groups in total. The van der Waals surface area contributed by atoms with Gasteiger partial charge >= 0.3 is 0 Å². The maximum atomic E-state index is 9.69. The van der Waals surface area contributed by atoms with Crippen molar-refractivity contribution < 1.29 is 9.94 Å². The second-order valence-corrected chi connectivity index (χ2v) is 3.40. The molecular weight excluding hydrogens is 192 g/mol. The van der Waals surface area contributed by atoms with Gasteiger partial charge in [-0.1, -0.05) is 6.07 Å². The number of aromatic nitrogens is 1. The summed E-state index contributed by atoms with van der Waals surface area (Å²) in [6.07, 6.45) is 0. The first-order valence-corrected chi connectivity index (χ1v) is 4.89. The number of aromatic hydroxyl groups is 1. The van der Waals surface area contributed by atoms with Crippen molar-refractivity contribution in [2.75, 3.05) is 0 Å². The number of aryl methyl sites for hydroxylation is 1. The van der Waals surface area contributed by atoms with Crippen LogP contribution in [0.4, 0.5) is 0 Å².